The molecule has 0 fully saturated rings. The summed E-state index contributed by atoms with van der Waals surface area (Å²) in [7, 11) is 0. The fourth-order valence-electron chi connectivity index (χ4n) is 3.40. The van der Waals surface area contributed by atoms with Crippen molar-refractivity contribution in [3.8, 4) is 22.6 Å². The van der Waals surface area contributed by atoms with E-state index in [4.69, 9.17) is 9.47 Å². The highest BCUT2D eigenvalue weighted by Crippen LogP contribution is 2.34. The van der Waals surface area contributed by atoms with E-state index in [0.717, 1.165) is 11.1 Å². The van der Waals surface area contributed by atoms with Crippen LogP contribution >= 0.6 is 23.1 Å². The number of rotatable bonds is 5. The Hall–Kier alpha value is -3.30. The van der Waals surface area contributed by atoms with Gasteiger partial charge in [-0.05, 0) is 24.6 Å². The number of nitrogens with one attached hydrogen (secondary N) is 2. The SMILES string of the molecule is C[C@H](Sc1nc2scc(-c3ccccc3)c2c(=O)[nH]1)C(=O)Nc1ccc2c(c1)OCCO2. The Morgan fingerprint density at radius 1 is 1.16 bits per heavy atom. The number of hydrogen-bond acceptors (Lipinski definition) is 7. The number of hydrogen-bond donors (Lipinski definition) is 2. The number of fused-ring (bicyclic) bond motifs is 2. The number of carbonyl (C=O) groups is 1. The fraction of sp³-hybridized carbons (Fsp3) is 0.174. The zero-order chi connectivity index (χ0) is 22.1. The van der Waals surface area contributed by atoms with E-state index < -0.39 is 5.25 Å². The van der Waals surface area contributed by atoms with Gasteiger partial charge in [-0.2, -0.15) is 0 Å². The first-order chi connectivity index (χ1) is 15.6. The molecule has 1 amide bonds. The summed E-state index contributed by atoms with van der Waals surface area (Å²) in [4.78, 5) is 33.6. The average Bonchev–Trinajstić information content (AvgIpc) is 3.24. The third-order valence-corrected chi connectivity index (χ3v) is 6.83. The molecule has 7 nitrogen and oxygen atoms in total. The molecular formula is C23H19N3O4S2. The lowest BCUT2D eigenvalue weighted by Gasteiger charge is -2.19. The number of anilines is 1. The van der Waals surface area contributed by atoms with Gasteiger partial charge >= 0.3 is 0 Å². The average molecular weight is 466 g/mol. The first-order valence-corrected chi connectivity index (χ1v) is 11.8. The highest BCUT2D eigenvalue weighted by Gasteiger charge is 2.20. The maximum atomic E-state index is 12.8. The number of aromatic amines is 1. The Bertz CT molecular complexity index is 1350. The highest BCUT2D eigenvalue weighted by molar-refractivity contribution is 8.00. The van der Waals surface area contributed by atoms with Gasteiger partial charge in [-0.1, -0.05) is 42.1 Å². The van der Waals surface area contributed by atoms with Crippen LogP contribution in [0.4, 0.5) is 5.69 Å². The molecule has 0 spiro atoms. The highest BCUT2D eigenvalue weighted by atomic mass is 32.2. The maximum Gasteiger partial charge on any atom is 0.260 e. The molecule has 0 unspecified atom stereocenters. The largest absolute Gasteiger partial charge is 0.486 e. The summed E-state index contributed by atoms with van der Waals surface area (Å²) in [5, 5.41) is 5.32. The normalized spacial score (nSPS) is 13.7. The van der Waals surface area contributed by atoms with Crippen LogP contribution in [0.15, 0.2) is 63.9 Å². The van der Waals surface area contributed by atoms with E-state index >= 15 is 0 Å². The molecule has 0 bridgehead atoms. The summed E-state index contributed by atoms with van der Waals surface area (Å²) in [6.07, 6.45) is 0. The molecule has 162 valence electrons. The number of benzene rings is 2. The molecule has 3 heterocycles. The second-order valence-electron chi connectivity index (χ2n) is 7.17. The molecule has 0 saturated heterocycles. The van der Waals surface area contributed by atoms with Crippen molar-refractivity contribution in [3.05, 3.63) is 64.3 Å². The minimum absolute atomic E-state index is 0.203. The molecule has 1 aliphatic heterocycles. The molecule has 32 heavy (non-hydrogen) atoms. The summed E-state index contributed by atoms with van der Waals surface area (Å²) in [5.74, 6) is 1.07. The molecular weight excluding hydrogens is 446 g/mol. The Morgan fingerprint density at radius 2 is 1.94 bits per heavy atom. The Morgan fingerprint density at radius 3 is 2.75 bits per heavy atom. The van der Waals surface area contributed by atoms with Gasteiger partial charge in [0, 0.05) is 22.7 Å². The summed E-state index contributed by atoms with van der Waals surface area (Å²) >= 11 is 2.62. The van der Waals surface area contributed by atoms with Crippen LogP contribution in [-0.2, 0) is 4.79 Å². The second kappa shape index (κ2) is 8.68. The van der Waals surface area contributed by atoms with E-state index in [-0.39, 0.29) is 11.5 Å². The van der Waals surface area contributed by atoms with Crippen molar-refractivity contribution in [2.24, 2.45) is 0 Å². The van der Waals surface area contributed by atoms with Gasteiger partial charge in [0.15, 0.2) is 16.7 Å². The van der Waals surface area contributed by atoms with Crippen LogP contribution in [0.2, 0.25) is 0 Å². The van der Waals surface area contributed by atoms with Crippen molar-refractivity contribution in [2.45, 2.75) is 17.3 Å². The predicted molar refractivity (Wildman–Crippen MR) is 127 cm³/mol. The van der Waals surface area contributed by atoms with Gasteiger partial charge in [-0.3, -0.25) is 9.59 Å². The number of nitrogens with zero attached hydrogens (tertiary/aromatic N) is 1. The van der Waals surface area contributed by atoms with Gasteiger partial charge in [-0.25, -0.2) is 4.98 Å². The lowest BCUT2D eigenvalue weighted by molar-refractivity contribution is -0.115. The maximum absolute atomic E-state index is 12.8. The fourth-order valence-corrected chi connectivity index (χ4v) is 5.20. The smallest absolute Gasteiger partial charge is 0.260 e. The molecule has 2 N–H and O–H groups in total. The molecule has 2 aromatic heterocycles. The van der Waals surface area contributed by atoms with Crippen molar-refractivity contribution in [2.75, 3.05) is 18.5 Å². The molecule has 0 aliphatic carbocycles. The monoisotopic (exact) mass is 465 g/mol. The third-order valence-electron chi connectivity index (χ3n) is 4.97. The summed E-state index contributed by atoms with van der Waals surface area (Å²) in [6, 6.07) is 15.0. The number of aromatic nitrogens is 2. The Labute approximate surface area is 191 Å². The number of thiophene rings is 1. The van der Waals surface area contributed by atoms with Crippen molar-refractivity contribution in [1.82, 2.24) is 9.97 Å². The van der Waals surface area contributed by atoms with Gasteiger partial charge in [-0.15, -0.1) is 11.3 Å². The first-order valence-electron chi connectivity index (χ1n) is 10.0. The van der Waals surface area contributed by atoms with E-state index in [2.05, 4.69) is 15.3 Å². The lowest BCUT2D eigenvalue weighted by Crippen LogP contribution is -2.23. The second-order valence-corrected chi connectivity index (χ2v) is 9.36. The first kappa shape index (κ1) is 20.6. The molecule has 1 aliphatic rings. The van der Waals surface area contributed by atoms with Crippen molar-refractivity contribution in [1.29, 1.82) is 0 Å². The number of thioether (sulfide) groups is 1. The molecule has 0 radical (unpaired) electrons. The van der Waals surface area contributed by atoms with Crippen LogP contribution in [0.25, 0.3) is 21.3 Å². The van der Waals surface area contributed by atoms with E-state index in [1.54, 1.807) is 25.1 Å². The molecule has 5 rings (SSSR count). The molecule has 0 saturated carbocycles. The zero-order valence-electron chi connectivity index (χ0n) is 17.1. The Balaban J connectivity index is 1.33. The number of carbonyl (C=O) groups excluding carboxylic acids is 1. The van der Waals surface area contributed by atoms with E-state index in [1.165, 1.54) is 23.1 Å². The van der Waals surface area contributed by atoms with Gasteiger partial charge < -0.3 is 19.8 Å². The van der Waals surface area contributed by atoms with Crippen LogP contribution < -0.4 is 20.3 Å². The molecule has 2 aromatic carbocycles. The zero-order valence-corrected chi connectivity index (χ0v) is 18.7. The van der Waals surface area contributed by atoms with Crippen molar-refractivity contribution in [3.63, 3.8) is 0 Å². The number of H-pyrrole nitrogens is 1. The van der Waals surface area contributed by atoms with Crippen LogP contribution in [0.3, 0.4) is 0 Å². The van der Waals surface area contributed by atoms with E-state index in [1.807, 2.05) is 35.7 Å². The summed E-state index contributed by atoms with van der Waals surface area (Å²) in [6.45, 7) is 2.76. The molecule has 9 heteroatoms. The van der Waals surface area contributed by atoms with Gasteiger partial charge in [0.1, 0.15) is 18.0 Å². The van der Waals surface area contributed by atoms with E-state index in [9.17, 15) is 9.59 Å². The van der Waals surface area contributed by atoms with Gasteiger partial charge in [0.25, 0.3) is 5.56 Å². The van der Waals surface area contributed by atoms with Gasteiger partial charge in [0.05, 0.1) is 10.6 Å². The van der Waals surface area contributed by atoms with Crippen molar-refractivity contribution >= 4 is 44.9 Å². The minimum atomic E-state index is -0.475. The number of ether oxygens (including phenoxy) is 2. The quantitative estimate of drug-likeness (QED) is 0.332. The standard InChI is InChI=1S/C23H19N3O4S2/c1-13(20(27)24-15-7-8-17-18(11-15)30-10-9-29-17)32-23-25-21(28)19-16(12-31-22(19)26-23)14-5-3-2-4-6-14/h2-8,11-13H,9-10H2,1H3,(H,24,27)(H,25,26,28)/t13-/m0/s1. The Kier molecular flexibility index (Phi) is 5.59. The van der Waals surface area contributed by atoms with Gasteiger partial charge in [0.2, 0.25) is 5.91 Å². The summed E-state index contributed by atoms with van der Waals surface area (Å²) in [5.41, 5.74) is 2.24. The van der Waals surface area contributed by atoms with Crippen LogP contribution in [0.5, 0.6) is 11.5 Å². The van der Waals surface area contributed by atoms with Crippen LogP contribution in [0, 0.1) is 0 Å². The molecule has 4 aromatic rings. The predicted octanol–water partition coefficient (Wildman–Crippen LogP) is 4.54. The molecule has 1 atom stereocenters. The topological polar surface area (TPSA) is 93.3 Å². The number of amides is 1. The third kappa shape index (κ3) is 4.09. The lowest BCUT2D eigenvalue weighted by atomic mass is 10.1. The van der Waals surface area contributed by atoms with Crippen LogP contribution in [-0.4, -0.2) is 34.3 Å². The minimum Gasteiger partial charge on any atom is -0.486 e. The summed E-state index contributed by atoms with van der Waals surface area (Å²) < 4.78 is 11.1. The van der Waals surface area contributed by atoms with Crippen LogP contribution in [0.1, 0.15) is 6.92 Å². The van der Waals surface area contributed by atoms with Crippen molar-refractivity contribution < 1.29 is 14.3 Å². The van der Waals surface area contributed by atoms with E-state index in [0.29, 0.717) is 45.8 Å².